The van der Waals surface area contributed by atoms with Crippen LogP contribution in [-0.4, -0.2) is 56.8 Å². The van der Waals surface area contributed by atoms with Crippen molar-refractivity contribution in [2.24, 2.45) is 0 Å². The third-order valence-electron chi connectivity index (χ3n) is 5.22. The van der Waals surface area contributed by atoms with E-state index in [2.05, 4.69) is 27.8 Å². The molecule has 0 unspecified atom stereocenters. The Balaban J connectivity index is 1.48. The monoisotopic (exact) mass is 425 g/mol. The second-order valence-corrected chi connectivity index (χ2v) is 7.39. The molecule has 0 spiro atoms. The van der Waals surface area contributed by atoms with Crippen molar-refractivity contribution in [3.8, 4) is 5.75 Å². The smallest absolute Gasteiger partial charge is 0.323 e. The van der Waals surface area contributed by atoms with Gasteiger partial charge in [0, 0.05) is 44.1 Å². The van der Waals surface area contributed by atoms with Gasteiger partial charge in [0.05, 0.1) is 12.8 Å². The quantitative estimate of drug-likeness (QED) is 0.586. The highest BCUT2D eigenvalue weighted by Crippen LogP contribution is 2.24. The van der Waals surface area contributed by atoms with Crippen molar-refractivity contribution < 1.29 is 14.3 Å². The highest BCUT2D eigenvalue weighted by molar-refractivity contribution is 6.00. The third kappa shape index (κ3) is 6.28. The summed E-state index contributed by atoms with van der Waals surface area (Å²) in [6.45, 7) is 5.79. The van der Waals surface area contributed by atoms with Gasteiger partial charge < -0.3 is 30.5 Å². The molecule has 1 saturated heterocycles. The minimum absolute atomic E-state index is 0.0220. The molecule has 3 rings (SSSR count). The normalized spacial score (nSPS) is 13.5. The number of para-hydroxylation sites is 2. The molecule has 1 aliphatic heterocycles. The van der Waals surface area contributed by atoms with Crippen molar-refractivity contribution >= 4 is 29.1 Å². The standard InChI is InChI=1S/C23H31N5O3/c1-3-4-13-24-23(30)28-16-14-27(15-17-28)19-11-9-18(10-12-19)25-22(29)26-20-7-5-6-8-21(20)31-2/h5-12H,3-4,13-17H2,1-2H3,(H,24,30)(H2,25,26,29). The first-order valence-corrected chi connectivity index (χ1v) is 10.7. The number of nitrogens with one attached hydrogen (secondary N) is 3. The molecule has 0 radical (unpaired) electrons. The number of carbonyl (C=O) groups is 2. The zero-order chi connectivity index (χ0) is 22.1. The predicted octanol–water partition coefficient (Wildman–Crippen LogP) is 3.97. The number of hydrogen-bond acceptors (Lipinski definition) is 4. The van der Waals surface area contributed by atoms with Gasteiger partial charge in [-0.3, -0.25) is 0 Å². The molecule has 4 amide bonds. The van der Waals surface area contributed by atoms with Gasteiger partial charge in [0.2, 0.25) is 0 Å². The highest BCUT2D eigenvalue weighted by Gasteiger charge is 2.21. The number of methoxy groups -OCH3 is 1. The second-order valence-electron chi connectivity index (χ2n) is 7.39. The SMILES string of the molecule is CCCCNC(=O)N1CCN(c2ccc(NC(=O)Nc3ccccc3OC)cc2)CC1. The zero-order valence-electron chi connectivity index (χ0n) is 18.2. The Hall–Kier alpha value is -3.42. The number of urea groups is 2. The first-order valence-electron chi connectivity index (χ1n) is 10.7. The molecule has 3 N–H and O–H groups in total. The average Bonchev–Trinajstić information content (AvgIpc) is 2.80. The van der Waals surface area contributed by atoms with Crippen LogP contribution in [0.1, 0.15) is 19.8 Å². The summed E-state index contributed by atoms with van der Waals surface area (Å²) >= 11 is 0. The molecule has 1 aliphatic rings. The summed E-state index contributed by atoms with van der Waals surface area (Å²) < 4.78 is 5.25. The number of piperazine rings is 1. The van der Waals surface area contributed by atoms with E-state index in [9.17, 15) is 9.59 Å². The lowest BCUT2D eigenvalue weighted by atomic mass is 10.2. The van der Waals surface area contributed by atoms with Crippen LogP contribution >= 0.6 is 0 Å². The fourth-order valence-electron chi connectivity index (χ4n) is 3.44. The van der Waals surface area contributed by atoms with E-state index in [4.69, 9.17) is 4.74 Å². The van der Waals surface area contributed by atoms with Crippen molar-refractivity contribution in [3.05, 3.63) is 48.5 Å². The van der Waals surface area contributed by atoms with Crippen molar-refractivity contribution in [2.45, 2.75) is 19.8 Å². The Kier molecular flexibility index (Phi) is 7.98. The molecular weight excluding hydrogens is 394 g/mol. The molecule has 0 aromatic heterocycles. The molecule has 2 aromatic carbocycles. The maximum atomic E-state index is 12.3. The Morgan fingerprint density at radius 3 is 2.35 bits per heavy atom. The third-order valence-corrected chi connectivity index (χ3v) is 5.22. The number of anilines is 3. The molecule has 0 aliphatic carbocycles. The minimum atomic E-state index is -0.333. The fraction of sp³-hybridized carbons (Fsp3) is 0.391. The summed E-state index contributed by atoms with van der Waals surface area (Å²) in [4.78, 5) is 28.6. The summed E-state index contributed by atoms with van der Waals surface area (Å²) in [5.74, 6) is 0.603. The van der Waals surface area contributed by atoms with Gasteiger partial charge in [-0.1, -0.05) is 25.5 Å². The molecule has 2 aromatic rings. The Morgan fingerprint density at radius 2 is 1.68 bits per heavy atom. The highest BCUT2D eigenvalue weighted by atomic mass is 16.5. The predicted molar refractivity (Wildman–Crippen MR) is 124 cm³/mol. The number of carbonyl (C=O) groups excluding carboxylic acids is 2. The van der Waals surface area contributed by atoms with Crippen molar-refractivity contribution in [2.75, 3.05) is 55.4 Å². The lowest BCUT2D eigenvalue weighted by molar-refractivity contribution is 0.194. The summed E-state index contributed by atoms with van der Waals surface area (Å²) in [5, 5.41) is 8.60. The molecule has 166 valence electrons. The number of amides is 4. The van der Waals surface area contributed by atoms with Gasteiger partial charge in [0.15, 0.2) is 0 Å². The zero-order valence-corrected chi connectivity index (χ0v) is 18.2. The molecule has 1 heterocycles. The Bertz CT molecular complexity index is 864. The summed E-state index contributed by atoms with van der Waals surface area (Å²) in [6, 6.07) is 14.7. The first-order chi connectivity index (χ1) is 15.1. The number of nitrogens with zero attached hydrogens (tertiary/aromatic N) is 2. The van der Waals surface area contributed by atoms with Gasteiger partial charge in [-0.15, -0.1) is 0 Å². The van der Waals surface area contributed by atoms with Crippen LogP contribution in [0.4, 0.5) is 26.7 Å². The van der Waals surface area contributed by atoms with Crippen LogP contribution in [0.2, 0.25) is 0 Å². The summed E-state index contributed by atoms with van der Waals surface area (Å²) in [7, 11) is 1.57. The van der Waals surface area contributed by atoms with Gasteiger partial charge in [-0.2, -0.15) is 0 Å². The summed E-state index contributed by atoms with van der Waals surface area (Å²) in [5.41, 5.74) is 2.38. The number of benzene rings is 2. The fourth-order valence-corrected chi connectivity index (χ4v) is 3.44. The van der Waals surface area contributed by atoms with E-state index >= 15 is 0 Å². The van der Waals surface area contributed by atoms with Crippen molar-refractivity contribution in [3.63, 3.8) is 0 Å². The molecule has 8 heteroatoms. The van der Waals surface area contributed by atoms with E-state index in [-0.39, 0.29) is 12.1 Å². The second kappa shape index (κ2) is 11.1. The van der Waals surface area contributed by atoms with Gasteiger partial charge in [-0.25, -0.2) is 9.59 Å². The minimum Gasteiger partial charge on any atom is -0.495 e. The molecule has 1 fully saturated rings. The molecule has 0 bridgehead atoms. The topological polar surface area (TPSA) is 85.9 Å². The molecular formula is C23H31N5O3. The van der Waals surface area contributed by atoms with Gasteiger partial charge in [0.25, 0.3) is 0 Å². The Labute approximate surface area is 183 Å². The number of ether oxygens (including phenoxy) is 1. The maximum Gasteiger partial charge on any atom is 0.323 e. The van der Waals surface area contributed by atoms with E-state index in [0.29, 0.717) is 30.2 Å². The maximum absolute atomic E-state index is 12.3. The molecule has 31 heavy (non-hydrogen) atoms. The number of rotatable bonds is 7. The van der Waals surface area contributed by atoms with Gasteiger partial charge in [0.1, 0.15) is 5.75 Å². The van der Waals surface area contributed by atoms with E-state index in [1.54, 1.807) is 19.2 Å². The van der Waals surface area contributed by atoms with Crippen LogP contribution in [0.5, 0.6) is 5.75 Å². The van der Waals surface area contributed by atoms with E-state index in [1.165, 1.54) is 0 Å². The van der Waals surface area contributed by atoms with E-state index < -0.39 is 0 Å². The van der Waals surface area contributed by atoms with Crippen LogP contribution in [-0.2, 0) is 0 Å². The lowest BCUT2D eigenvalue weighted by Gasteiger charge is -2.36. The van der Waals surface area contributed by atoms with E-state index in [0.717, 1.165) is 38.2 Å². The van der Waals surface area contributed by atoms with Crippen LogP contribution in [0.25, 0.3) is 0 Å². The van der Waals surface area contributed by atoms with Crippen LogP contribution in [0.15, 0.2) is 48.5 Å². The molecule has 0 atom stereocenters. The number of unbranched alkanes of at least 4 members (excludes halogenated alkanes) is 1. The van der Waals surface area contributed by atoms with Crippen molar-refractivity contribution in [1.82, 2.24) is 10.2 Å². The lowest BCUT2D eigenvalue weighted by Crippen LogP contribution is -2.52. The molecule has 8 nitrogen and oxygen atoms in total. The van der Waals surface area contributed by atoms with E-state index in [1.807, 2.05) is 41.3 Å². The van der Waals surface area contributed by atoms with Crippen molar-refractivity contribution in [1.29, 1.82) is 0 Å². The first kappa shape index (κ1) is 22.3. The van der Waals surface area contributed by atoms with Gasteiger partial charge >= 0.3 is 12.1 Å². The van der Waals surface area contributed by atoms with Crippen LogP contribution in [0.3, 0.4) is 0 Å². The van der Waals surface area contributed by atoms with Gasteiger partial charge in [-0.05, 0) is 42.8 Å². The number of hydrogen-bond donors (Lipinski definition) is 3. The average molecular weight is 426 g/mol. The molecule has 0 saturated carbocycles. The largest absolute Gasteiger partial charge is 0.495 e. The Morgan fingerprint density at radius 1 is 0.968 bits per heavy atom. The van der Waals surface area contributed by atoms with Crippen LogP contribution < -0.4 is 25.6 Å². The van der Waals surface area contributed by atoms with Crippen LogP contribution in [0, 0.1) is 0 Å². The summed E-state index contributed by atoms with van der Waals surface area (Å²) in [6.07, 6.45) is 2.07.